The maximum absolute atomic E-state index is 6.06. The smallest absolute Gasteiger partial charge is 0.229 e. The van der Waals surface area contributed by atoms with E-state index in [2.05, 4.69) is 29.8 Å². The van der Waals surface area contributed by atoms with Crippen LogP contribution in [0.5, 0.6) is 5.88 Å². The van der Waals surface area contributed by atoms with E-state index < -0.39 is 0 Å². The van der Waals surface area contributed by atoms with Crippen LogP contribution in [0.2, 0.25) is 0 Å². The van der Waals surface area contributed by atoms with Gasteiger partial charge in [0, 0.05) is 26.2 Å². The number of hydrogen-bond donors (Lipinski definition) is 0. The summed E-state index contributed by atoms with van der Waals surface area (Å²) in [6.45, 7) is 6.99. The lowest BCUT2D eigenvalue weighted by Crippen LogP contribution is -2.45. The van der Waals surface area contributed by atoms with E-state index in [1.165, 1.54) is 25.7 Å². The molecular weight excluding hydrogens is 312 g/mol. The fourth-order valence-corrected chi connectivity index (χ4v) is 3.17. The van der Waals surface area contributed by atoms with Crippen molar-refractivity contribution in [3.8, 4) is 5.88 Å². The third-order valence-corrected chi connectivity index (χ3v) is 4.83. The monoisotopic (exact) mass is 342 g/mol. The summed E-state index contributed by atoms with van der Waals surface area (Å²) >= 11 is 0. The molecule has 1 aliphatic heterocycles. The van der Waals surface area contributed by atoms with Gasteiger partial charge in [0.15, 0.2) is 0 Å². The van der Waals surface area contributed by atoms with Crippen molar-refractivity contribution in [2.24, 2.45) is 0 Å². The van der Waals surface area contributed by atoms with Crippen LogP contribution in [0.25, 0.3) is 10.9 Å². The summed E-state index contributed by atoms with van der Waals surface area (Å²) in [6, 6.07) is 8.15. The third kappa shape index (κ3) is 4.82. The van der Waals surface area contributed by atoms with Crippen LogP contribution in [0.15, 0.2) is 24.3 Å². The Hall–Kier alpha value is -1.88. The molecule has 2 heterocycles. The molecule has 1 aromatic heterocycles. The first-order valence-electron chi connectivity index (χ1n) is 9.61. The molecule has 1 aromatic carbocycles. The fraction of sp³-hybridized carbons (Fsp3) is 0.600. The number of rotatable bonds is 8. The van der Waals surface area contributed by atoms with Gasteiger partial charge in [-0.15, -0.1) is 0 Å². The van der Waals surface area contributed by atoms with Gasteiger partial charge in [0.2, 0.25) is 11.8 Å². The van der Waals surface area contributed by atoms with Crippen molar-refractivity contribution >= 4 is 16.9 Å². The Kier molecular flexibility index (Phi) is 6.45. The Morgan fingerprint density at radius 2 is 1.72 bits per heavy atom. The molecule has 0 aliphatic carbocycles. The molecule has 1 fully saturated rings. The average Bonchev–Trinajstić information content (AvgIpc) is 2.65. The van der Waals surface area contributed by atoms with Crippen LogP contribution in [-0.4, -0.2) is 54.7 Å². The molecule has 25 heavy (non-hydrogen) atoms. The predicted molar refractivity (Wildman–Crippen MR) is 104 cm³/mol. The molecule has 0 radical (unpaired) electrons. The molecule has 1 saturated heterocycles. The number of fused-ring (bicyclic) bond motifs is 1. The van der Waals surface area contributed by atoms with Crippen molar-refractivity contribution in [2.75, 3.05) is 44.7 Å². The molecule has 2 aromatic rings. The second-order valence-corrected chi connectivity index (χ2v) is 6.90. The lowest BCUT2D eigenvalue weighted by atomic mass is 10.2. The first kappa shape index (κ1) is 17.9. The van der Waals surface area contributed by atoms with Crippen LogP contribution in [-0.2, 0) is 0 Å². The zero-order valence-electron chi connectivity index (χ0n) is 15.6. The van der Waals surface area contributed by atoms with Crippen molar-refractivity contribution in [3.05, 3.63) is 24.3 Å². The molecule has 136 valence electrons. The van der Waals surface area contributed by atoms with Crippen molar-refractivity contribution in [1.29, 1.82) is 0 Å². The van der Waals surface area contributed by atoms with Crippen molar-refractivity contribution in [3.63, 3.8) is 0 Å². The molecule has 0 N–H and O–H groups in total. The number of para-hydroxylation sites is 1. The first-order valence-corrected chi connectivity index (χ1v) is 9.61. The van der Waals surface area contributed by atoms with E-state index in [9.17, 15) is 0 Å². The Labute approximate surface area is 151 Å². The predicted octanol–water partition coefficient (Wildman–Crippen LogP) is 3.73. The largest absolute Gasteiger partial charge is 0.477 e. The molecule has 5 nitrogen and oxygen atoms in total. The number of anilines is 1. The average molecular weight is 342 g/mol. The summed E-state index contributed by atoms with van der Waals surface area (Å²) in [5.41, 5.74) is 0.965. The van der Waals surface area contributed by atoms with Crippen LogP contribution < -0.4 is 9.64 Å². The van der Waals surface area contributed by atoms with Gasteiger partial charge in [0.1, 0.15) is 0 Å². The van der Waals surface area contributed by atoms with Gasteiger partial charge in [-0.2, -0.15) is 4.98 Å². The molecule has 5 heteroatoms. The Morgan fingerprint density at radius 3 is 2.52 bits per heavy atom. The molecular formula is C20H30N4O. The maximum atomic E-state index is 6.06. The van der Waals surface area contributed by atoms with E-state index in [1.807, 2.05) is 18.2 Å². The lowest BCUT2D eigenvalue weighted by Gasteiger charge is -2.32. The highest BCUT2D eigenvalue weighted by Gasteiger charge is 2.18. The number of piperazine rings is 1. The van der Waals surface area contributed by atoms with Gasteiger partial charge in [0.25, 0.3) is 0 Å². The fourth-order valence-electron chi connectivity index (χ4n) is 3.17. The standard InChI is InChI=1S/C20H30N4O/c1-3-4-5-6-9-16-25-19-17-10-7-8-11-18(17)21-20(22-19)24-14-12-23(2)13-15-24/h7-8,10-11H,3-6,9,12-16H2,1-2H3. The normalized spacial score (nSPS) is 15.7. The Balaban J connectivity index is 1.71. The summed E-state index contributed by atoms with van der Waals surface area (Å²) < 4.78 is 6.06. The van der Waals surface area contributed by atoms with Crippen LogP contribution in [0, 0.1) is 0 Å². The van der Waals surface area contributed by atoms with E-state index in [0.29, 0.717) is 0 Å². The van der Waals surface area contributed by atoms with Crippen LogP contribution in [0.4, 0.5) is 5.95 Å². The summed E-state index contributed by atoms with van der Waals surface area (Å²) in [5, 5.41) is 1.01. The number of hydrogen-bond acceptors (Lipinski definition) is 5. The number of unbranched alkanes of at least 4 members (excludes halogenated alkanes) is 4. The minimum atomic E-state index is 0.729. The molecule has 3 rings (SSSR count). The second kappa shape index (κ2) is 8.99. The zero-order chi connectivity index (χ0) is 17.5. The lowest BCUT2D eigenvalue weighted by molar-refractivity contribution is 0.294. The van der Waals surface area contributed by atoms with E-state index in [1.54, 1.807) is 0 Å². The van der Waals surface area contributed by atoms with Crippen LogP contribution in [0.1, 0.15) is 39.0 Å². The van der Waals surface area contributed by atoms with Gasteiger partial charge >= 0.3 is 0 Å². The van der Waals surface area contributed by atoms with Gasteiger partial charge in [-0.05, 0) is 25.6 Å². The van der Waals surface area contributed by atoms with Gasteiger partial charge in [-0.25, -0.2) is 4.98 Å². The highest BCUT2D eigenvalue weighted by Crippen LogP contribution is 2.26. The zero-order valence-corrected chi connectivity index (χ0v) is 15.6. The molecule has 0 spiro atoms. The quantitative estimate of drug-likeness (QED) is 0.684. The van der Waals surface area contributed by atoms with Crippen molar-refractivity contribution in [1.82, 2.24) is 14.9 Å². The van der Waals surface area contributed by atoms with Gasteiger partial charge in [-0.1, -0.05) is 44.7 Å². The number of aromatic nitrogens is 2. The molecule has 0 atom stereocenters. The van der Waals surface area contributed by atoms with Gasteiger partial charge in [0.05, 0.1) is 17.5 Å². The summed E-state index contributed by atoms with van der Waals surface area (Å²) in [4.78, 5) is 14.1. The highest BCUT2D eigenvalue weighted by molar-refractivity contribution is 5.84. The topological polar surface area (TPSA) is 41.5 Å². The van der Waals surface area contributed by atoms with Crippen molar-refractivity contribution in [2.45, 2.75) is 39.0 Å². The van der Waals surface area contributed by atoms with Crippen LogP contribution in [0.3, 0.4) is 0 Å². The number of likely N-dealkylation sites (N-methyl/N-ethyl adjacent to an activating group) is 1. The van der Waals surface area contributed by atoms with Crippen LogP contribution >= 0.6 is 0 Å². The minimum absolute atomic E-state index is 0.729. The van der Waals surface area contributed by atoms with Gasteiger partial charge < -0.3 is 14.5 Å². The highest BCUT2D eigenvalue weighted by atomic mass is 16.5. The molecule has 0 bridgehead atoms. The van der Waals surface area contributed by atoms with E-state index in [-0.39, 0.29) is 0 Å². The molecule has 1 aliphatic rings. The summed E-state index contributed by atoms with van der Waals surface area (Å²) in [6.07, 6.45) is 6.18. The van der Waals surface area contributed by atoms with Crippen molar-refractivity contribution < 1.29 is 4.74 Å². The summed E-state index contributed by atoms with van der Waals surface area (Å²) in [5.74, 6) is 1.53. The molecule has 0 amide bonds. The molecule has 0 saturated carbocycles. The minimum Gasteiger partial charge on any atom is -0.477 e. The summed E-state index contributed by atoms with van der Waals surface area (Å²) in [7, 11) is 2.16. The number of ether oxygens (including phenoxy) is 1. The SMILES string of the molecule is CCCCCCCOc1nc(N2CCN(C)CC2)nc2ccccc12. The van der Waals surface area contributed by atoms with Gasteiger partial charge in [-0.3, -0.25) is 0 Å². The number of nitrogens with zero attached hydrogens (tertiary/aromatic N) is 4. The molecule has 0 unspecified atom stereocenters. The van der Waals surface area contributed by atoms with E-state index in [0.717, 1.165) is 61.9 Å². The Bertz CT molecular complexity index is 668. The second-order valence-electron chi connectivity index (χ2n) is 6.90. The third-order valence-electron chi connectivity index (χ3n) is 4.83. The first-order chi connectivity index (χ1) is 12.3. The Morgan fingerprint density at radius 1 is 0.960 bits per heavy atom. The maximum Gasteiger partial charge on any atom is 0.229 e. The van der Waals surface area contributed by atoms with E-state index >= 15 is 0 Å². The number of benzene rings is 1. The van der Waals surface area contributed by atoms with E-state index in [4.69, 9.17) is 14.7 Å².